The first-order valence-electron chi connectivity index (χ1n) is 23.0. The first-order chi connectivity index (χ1) is 25.8. The van der Waals surface area contributed by atoms with Crippen LogP contribution in [0.15, 0.2) is 0 Å². The molecule has 320 valence electrons. The van der Waals surface area contributed by atoms with E-state index in [4.69, 9.17) is 14.2 Å². The topological polar surface area (TPSA) is 82.1 Å². The predicted octanol–water partition coefficient (Wildman–Crippen LogP) is 12.8. The highest BCUT2D eigenvalue weighted by atomic mass is 16.5. The molecule has 7 nitrogen and oxygen atoms in total. The molecule has 0 aromatic heterocycles. The van der Waals surface area contributed by atoms with E-state index < -0.39 is 0 Å². The van der Waals surface area contributed by atoms with Crippen LogP contribution in [-0.2, 0) is 28.6 Å². The summed E-state index contributed by atoms with van der Waals surface area (Å²) in [4.78, 5) is 39.5. The van der Waals surface area contributed by atoms with E-state index in [9.17, 15) is 14.4 Å². The molecule has 0 fully saturated rings. The average Bonchev–Trinajstić information content (AvgIpc) is 3.11. The largest absolute Gasteiger partial charge is 0.465 e. The quantitative estimate of drug-likeness (QED) is 0.0354. The minimum absolute atomic E-state index is 0.00594. The monoisotopic (exact) mass is 766 g/mol. The van der Waals surface area contributed by atoms with Crippen LogP contribution in [-0.4, -0.2) is 61.8 Å². The first kappa shape index (κ1) is 52.4. The predicted molar refractivity (Wildman–Crippen MR) is 227 cm³/mol. The molecule has 0 N–H and O–H groups in total. The number of esters is 3. The average molecular weight is 766 g/mol. The Balaban J connectivity index is 4.27. The Labute approximate surface area is 335 Å². The Morgan fingerprint density at radius 1 is 0.444 bits per heavy atom. The van der Waals surface area contributed by atoms with Crippen LogP contribution in [0.25, 0.3) is 0 Å². The second-order valence-electron chi connectivity index (χ2n) is 17.9. The van der Waals surface area contributed by atoms with Gasteiger partial charge < -0.3 is 14.2 Å². The molecular formula is C47H91NO6. The van der Waals surface area contributed by atoms with Crippen LogP contribution in [0.2, 0.25) is 0 Å². The lowest BCUT2D eigenvalue weighted by molar-refractivity contribution is -0.151. The summed E-state index contributed by atoms with van der Waals surface area (Å²) < 4.78 is 17.3. The third-order valence-electron chi connectivity index (χ3n) is 11.4. The normalized spacial score (nSPS) is 13.6. The summed E-state index contributed by atoms with van der Waals surface area (Å²) in [6, 6.07) is 0. The molecule has 0 aliphatic heterocycles. The molecule has 0 amide bonds. The van der Waals surface area contributed by atoms with Crippen molar-refractivity contribution in [2.45, 2.75) is 217 Å². The Morgan fingerprint density at radius 3 is 1.13 bits per heavy atom. The van der Waals surface area contributed by atoms with Gasteiger partial charge in [-0.1, -0.05) is 146 Å². The van der Waals surface area contributed by atoms with E-state index in [1.54, 1.807) is 0 Å². The smallest absolute Gasteiger partial charge is 0.320 e. The van der Waals surface area contributed by atoms with Crippen molar-refractivity contribution in [3.8, 4) is 0 Å². The fourth-order valence-electron chi connectivity index (χ4n) is 7.02. The van der Waals surface area contributed by atoms with E-state index in [0.717, 1.165) is 103 Å². The molecule has 0 saturated heterocycles. The van der Waals surface area contributed by atoms with Crippen molar-refractivity contribution in [3.05, 3.63) is 0 Å². The molecule has 0 aliphatic carbocycles. The van der Waals surface area contributed by atoms with Crippen LogP contribution in [0.1, 0.15) is 210 Å². The molecule has 0 spiro atoms. The van der Waals surface area contributed by atoms with Gasteiger partial charge in [-0.15, -0.1) is 0 Å². The molecule has 7 heteroatoms. The van der Waals surface area contributed by atoms with Crippen LogP contribution < -0.4 is 0 Å². The summed E-state index contributed by atoms with van der Waals surface area (Å²) in [5.41, 5.74) is 0. The molecule has 0 heterocycles. The second-order valence-corrected chi connectivity index (χ2v) is 17.9. The van der Waals surface area contributed by atoms with E-state index in [2.05, 4.69) is 74.1 Å². The van der Waals surface area contributed by atoms with Crippen LogP contribution in [0.4, 0.5) is 0 Å². The van der Waals surface area contributed by atoms with E-state index in [1.165, 1.54) is 38.5 Å². The SMILES string of the molecule is CCN(CC)CC(=O)OC(CCCCCCCCCC(=O)OCC(CCC(C)C)C(C)C)CCCCCCCCCC(=O)OCC(CCC(C)C)C(C)C. The van der Waals surface area contributed by atoms with Gasteiger partial charge in [-0.3, -0.25) is 19.3 Å². The summed E-state index contributed by atoms with van der Waals surface area (Å²) in [6.07, 6.45) is 23.1. The van der Waals surface area contributed by atoms with Crippen LogP contribution in [0.5, 0.6) is 0 Å². The van der Waals surface area contributed by atoms with Crippen molar-refractivity contribution in [2.75, 3.05) is 32.8 Å². The molecule has 0 bridgehead atoms. The maximum atomic E-state index is 12.7. The van der Waals surface area contributed by atoms with Gasteiger partial charge in [0.2, 0.25) is 0 Å². The number of rotatable bonds is 37. The van der Waals surface area contributed by atoms with Crippen molar-refractivity contribution in [2.24, 2.45) is 35.5 Å². The molecule has 0 radical (unpaired) electrons. The van der Waals surface area contributed by atoms with Crippen molar-refractivity contribution >= 4 is 17.9 Å². The lowest BCUT2D eigenvalue weighted by atomic mass is 9.89. The van der Waals surface area contributed by atoms with Gasteiger partial charge >= 0.3 is 17.9 Å². The van der Waals surface area contributed by atoms with Crippen LogP contribution in [0.3, 0.4) is 0 Å². The molecular weight excluding hydrogens is 675 g/mol. The van der Waals surface area contributed by atoms with Gasteiger partial charge in [-0.05, 0) is 100.0 Å². The zero-order chi connectivity index (χ0) is 40.6. The number of likely N-dealkylation sites (N-methyl/N-ethyl adjacent to an activating group) is 1. The maximum absolute atomic E-state index is 12.7. The highest BCUT2D eigenvalue weighted by Crippen LogP contribution is 2.23. The van der Waals surface area contributed by atoms with Gasteiger partial charge in [0, 0.05) is 12.8 Å². The molecule has 54 heavy (non-hydrogen) atoms. The van der Waals surface area contributed by atoms with E-state index in [1.807, 2.05) is 0 Å². The summed E-state index contributed by atoms with van der Waals surface area (Å²) >= 11 is 0. The van der Waals surface area contributed by atoms with E-state index in [-0.39, 0.29) is 24.0 Å². The van der Waals surface area contributed by atoms with Crippen LogP contribution >= 0.6 is 0 Å². The van der Waals surface area contributed by atoms with Crippen LogP contribution in [0, 0.1) is 35.5 Å². The number of ether oxygens (including phenoxy) is 3. The van der Waals surface area contributed by atoms with Gasteiger partial charge in [0.25, 0.3) is 0 Å². The Bertz CT molecular complexity index is 841. The summed E-state index contributed by atoms with van der Waals surface area (Å²) in [7, 11) is 0. The first-order valence-corrected chi connectivity index (χ1v) is 23.0. The molecule has 0 saturated carbocycles. The molecule has 0 rings (SSSR count). The van der Waals surface area contributed by atoms with Crippen molar-refractivity contribution in [3.63, 3.8) is 0 Å². The Hall–Kier alpha value is -1.63. The minimum Gasteiger partial charge on any atom is -0.465 e. The fourth-order valence-corrected chi connectivity index (χ4v) is 7.02. The zero-order valence-electron chi connectivity index (χ0n) is 37.5. The van der Waals surface area contributed by atoms with Gasteiger partial charge in [0.1, 0.15) is 6.10 Å². The third-order valence-corrected chi connectivity index (χ3v) is 11.4. The van der Waals surface area contributed by atoms with Gasteiger partial charge in [0.05, 0.1) is 19.8 Å². The Kier molecular flexibility index (Phi) is 33.6. The van der Waals surface area contributed by atoms with E-state index >= 15 is 0 Å². The van der Waals surface area contributed by atoms with Crippen molar-refractivity contribution < 1.29 is 28.6 Å². The molecule has 0 aliphatic rings. The van der Waals surface area contributed by atoms with Crippen molar-refractivity contribution in [1.29, 1.82) is 0 Å². The lowest BCUT2D eigenvalue weighted by Gasteiger charge is -2.21. The number of carbonyl (C=O) groups is 3. The number of carbonyl (C=O) groups excluding carboxylic acids is 3. The molecule has 0 aromatic carbocycles. The highest BCUT2D eigenvalue weighted by molar-refractivity contribution is 5.72. The fraction of sp³-hybridized carbons (Fsp3) is 0.936. The zero-order valence-corrected chi connectivity index (χ0v) is 37.5. The van der Waals surface area contributed by atoms with Gasteiger partial charge in [0.15, 0.2) is 0 Å². The van der Waals surface area contributed by atoms with Gasteiger partial charge in [-0.2, -0.15) is 0 Å². The number of unbranched alkanes of at least 4 members (excludes halogenated alkanes) is 12. The molecule has 0 aromatic rings. The summed E-state index contributed by atoms with van der Waals surface area (Å²) in [5, 5.41) is 0. The Morgan fingerprint density at radius 2 is 0.796 bits per heavy atom. The maximum Gasteiger partial charge on any atom is 0.320 e. The molecule has 2 atom stereocenters. The van der Waals surface area contributed by atoms with E-state index in [0.29, 0.717) is 68.1 Å². The number of hydrogen-bond acceptors (Lipinski definition) is 7. The lowest BCUT2D eigenvalue weighted by Crippen LogP contribution is -2.32. The third kappa shape index (κ3) is 31.6. The molecule has 2 unspecified atom stereocenters. The second kappa shape index (κ2) is 34.6. The number of nitrogens with zero attached hydrogens (tertiary/aromatic N) is 1. The van der Waals surface area contributed by atoms with Gasteiger partial charge in [-0.25, -0.2) is 0 Å². The minimum atomic E-state index is -0.0914. The van der Waals surface area contributed by atoms with Crippen molar-refractivity contribution in [1.82, 2.24) is 4.90 Å². The summed E-state index contributed by atoms with van der Waals surface area (Å²) in [5.74, 6) is 3.19. The standard InChI is InChI=1S/C47H91NO6/c1-11-48(12-2)35-47(51)54-44(27-23-19-15-13-17-21-25-29-45(49)52-36-42(40(7)8)33-31-38(3)4)28-24-20-16-14-18-22-26-30-46(50)53-37-43(41(9)10)34-32-39(5)6/h38-44H,11-37H2,1-10H3. The highest BCUT2D eigenvalue weighted by Gasteiger charge is 2.19. The summed E-state index contributed by atoms with van der Waals surface area (Å²) in [6.45, 7) is 25.3. The number of hydrogen-bond donors (Lipinski definition) is 0.